The van der Waals surface area contributed by atoms with Gasteiger partial charge in [0.2, 0.25) is 0 Å². The van der Waals surface area contributed by atoms with Crippen molar-refractivity contribution in [3.63, 3.8) is 0 Å². The van der Waals surface area contributed by atoms with E-state index in [1.165, 1.54) is 12.1 Å². The molecule has 0 amide bonds. The van der Waals surface area contributed by atoms with Gasteiger partial charge >= 0.3 is 0 Å². The number of benzene rings is 2. The van der Waals surface area contributed by atoms with Gasteiger partial charge in [-0.2, -0.15) is 0 Å². The van der Waals surface area contributed by atoms with Gasteiger partial charge in [-0.15, -0.1) is 0 Å². The lowest BCUT2D eigenvalue weighted by Crippen LogP contribution is -2.35. The summed E-state index contributed by atoms with van der Waals surface area (Å²) in [5.41, 5.74) is 0.532. The lowest BCUT2D eigenvalue weighted by Gasteiger charge is -2.24. The average molecular weight is 319 g/mol. The summed E-state index contributed by atoms with van der Waals surface area (Å²) in [6.07, 6.45) is 0. The average Bonchev–Trinajstić information content (AvgIpc) is 2.55. The fourth-order valence-electron chi connectivity index (χ4n) is 2.35. The van der Waals surface area contributed by atoms with Gasteiger partial charge in [0.1, 0.15) is 17.3 Å². The summed E-state index contributed by atoms with van der Waals surface area (Å²) in [6.45, 7) is 2.55. The number of nitrogens with one attached hydrogen (secondary N) is 1. The summed E-state index contributed by atoms with van der Waals surface area (Å²) >= 11 is 0. The van der Waals surface area contributed by atoms with Crippen LogP contribution in [0.4, 0.5) is 4.39 Å². The molecule has 0 spiro atoms. The molecule has 2 aromatic rings. The highest BCUT2D eigenvalue weighted by Gasteiger charge is 2.22. The molecule has 0 aromatic heterocycles. The Kier molecular flexibility index (Phi) is 5.58. The van der Waals surface area contributed by atoms with Crippen molar-refractivity contribution in [1.29, 1.82) is 0 Å². The Morgan fingerprint density at radius 3 is 2.39 bits per heavy atom. The molecule has 1 unspecified atom stereocenters. The molecule has 0 saturated carbocycles. The van der Waals surface area contributed by atoms with Crippen LogP contribution in [-0.2, 0) is 12.1 Å². The predicted molar refractivity (Wildman–Crippen MR) is 87.2 cm³/mol. The van der Waals surface area contributed by atoms with Gasteiger partial charge < -0.3 is 19.9 Å². The largest absolute Gasteiger partial charge is 0.497 e. The van der Waals surface area contributed by atoms with E-state index < -0.39 is 5.60 Å². The van der Waals surface area contributed by atoms with Crippen molar-refractivity contribution in [2.24, 2.45) is 0 Å². The molecule has 0 radical (unpaired) electrons. The molecular weight excluding hydrogens is 297 g/mol. The normalized spacial score (nSPS) is 13.4. The van der Waals surface area contributed by atoms with Gasteiger partial charge in [0.25, 0.3) is 0 Å². The fraction of sp³-hybridized carbons (Fsp3) is 0.333. The first kappa shape index (κ1) is 17.2. The molecule has 2 N–H and O–H groups in total. The number of methoxy groups -OCH3 is 2. The maximum atomic E-state index is 13.0. The van der Waals surface area contributed by atoms with Crippen molar-refractivity contribution in [1.82, 2.24) is 5.32 Å². The number of rotatable bonds is 7. The molecule has 1 atom stereocenters. The summed E-state index contributed by atoms with van der Waals surface area (Å²) in [5, 5.41) is 13.7. The van der Waals surface area contributed by atoms with E-state index in [1.807, 2.05) is 18.2 Å². The minimum Gasteiger partial charge on any atom is -0.497 e. The highest BCUT2D eigenvalue weighted by atomic mass is 19.1. The van der Waals surface area contributed by atoms with Gasteiger partial charge in [-0.3, -0.25) is 0 Å². The van der Waals surface area contributed by atoms with Crippen LogP contribution in [0, 0.1) is 5.82 Å². The summed E-state index contributed by atoms with van der Waals surface area (Å²) in [7, 11) is 3.21. The third kappa shape index (κ3) is 4.43. The van der Waals surface area contributed by atoms with Crippen molar-refractivity contribution >= 4 is 0 Å². The molecule has 0 saturated heterocycles. The van der Waals surface area contributed by atoms with Gasteiger partial charge in [0.05, 0.1) is 19.8 Å². The lowest BCUT2D eigenvalue weighted by molar-refractivity contribution is 0.0565. The van der Waals surface area contributed by atoms with Crippen LogP contribution in [0.3, 0.4) is 0 Å². The molecule has 0 heterocycles. The summed E-state index contributed by atoms with van der Waals surface area (Å²) in [6, 6.07) is 11.5. The minimum absolute atomic E-state index is 0.319. The SMILES string of the molecule is COc1ccc(CNCC(C)(O)c2ccc(F)cc2)c(OC)c1. The Bertz CT molecular complexity index is 641. The number of ether oxygens (including phenoxy) is 2. The number of hydrogen-bond donors (Lipinski definition) is 2. The van der Waals surface area contributed by atoms with Crippen LogP contribution >= 0.6 is 0 Å². The standard InChI is InChI=1S/C18H22FNO3/c1-18(21,14-5-7-15(19)8-6-14)12-20-11-13-4-9-16(22-2)10-17(13)23-3/h4-10,20-21H,11-12H2,1-3H3. The first-order chi connectivity index (χ1) is 11.0. The van der Waals surface area contributed by atoms with Crippen LogP contribution in [0.25, 0.3) is 0 Å². The molecule has 4 nitrogen and oxygen atoms in total. The van der Waals surface area contributed by atoms with E-state index in [9.17, 15) is 9.50 Å². The van der Waals surface area contributed by atoms with Gasteiger partial charge in [-0.25, -0.2) is 4.39 Å². The third-order valence-corrected chi connectivity index (χ3v) is 3.75. The van der Waals surface area contributed by atoms with Gasteiger partial charge in [-0.05, 0) is 30.7 Å². The van der Waals surface area contributed by atoms with E-state index >= 15 is 0 Å². The molecule has 0 aliphatic heterocycles. The monoisotopic (exact) mass is 319 g/mol. The van der Waals surface area contributed by atoms with Crippen LogP contribution in [-0.4, -0.2) is 25.9 Å². The maximum absolute atomic E-state index is 13.0. The first-order valence-electron chi connectivity index (χ1n) is 7.36. The Morgan fingerprint density at radius 2 is 1.78 bits per heavy atom. The lowest BCUT2D eigenvalue weighted by atomic mass is 9.96. The van der Waals surface area contributed by atoms with E-state index in [0.29, 0.717) is 18.7 Å². The molecule has 2 rings (SSSR count). The topological polar surface area (TPSA) is 50.7 Å². The second-order valence-electron chi connectivity index (χ2n) is 5.56. The quantitative estimate of drug-likeness (QED) is 0.824. The van der Waals surface area contributed by atoms with Crippen LogP contribution in [0.15, 0.2) is 42.5 Å². The molecule has 0 bridgehead atoms. The Labute approximate surface area is 135 Å². The van der Waals surface area contributed by atoms with Crippen molar-refractivity contribution in [3.8, 4) is 11.5 Å². The van der Waals surface area contributed by atoms with Gasteiger partial charge in [-0.1, -0.05) is 18.2 Å². The zero-order valence-corrected chi connectivity index (χ0v) is 13.6. The molecule has 2 aromatic carbocycles. The zero-order chi connectivity index (χ0) is 16.9. The van der Waals surface area contributed by atoms with Gasteiger partial charge in [0, 0.05) is 24.7 Å². The number of halogens is 1. The van der Waals surface area contributed by atoms with Crippen molar-refractivity contribution < 1.29 is 19.0 Å². The summed E-state index contributed by atoms with van der Waals surface area (Å²) < 4.78 is 23.5. The molecule has 0 aliphatic carbocycles. The van der Waals surface area contributed by atoms with Crippen LogP contribution < -0.4 is 14.8 Å². The fourth-order valence-corrected chi connectivity index (χ4v) is 2.35. The van der Waals surface area contributed by atoms with Gasteiger partial charge in [0.15, 0.2) is 0 Å². The molecule has 0 aliphatic rings. The molecule has 124 valence electrons. The van der Waals surface area contributed by atoms with Crippen LogP contribution in [0.1, 0.15) is 18.1 Å². The predicted octanol–water partition coefficient (Wildman–Crippen LogP) is 2.84. The zero-order valence-electron chi connectivity index (χ0n) is 13.6. The van der Waals surface area contributed by atoms with Crippen molar-refractivity contribution in [2.45, 2.75) is 19.1 Å². The molecule has 0 fully saturated rings. The highest BCUT2D eigenvalue weighted by Crippen LogP contribution is 2.25. The maximum Gasteiger partial charge on any atom is 0.127 e. The molecule has 5 heteroatoms. The summed E-state index contributed by atoms with van der Waals surface area (Å²) in [5.74, 6) is 1.13. The molecule has 23 heavy (non-hydrogen) atoms. The highest BCUT2D eigenvalue weighted by molar-refractivity contribution is 5.40. The van der Waals surface area contributed by atoms with E-state index in [4.69, 9.17) is 9.47 Å². The molecular formula is C18H22FNO3. The smallest absolute Gasteiger partial charge is 0.127 e. The van der Waals surface area contributed by atoms with Crippen LogP contribution in [0.2, 0.25) is 0 Å². The Balaban J connectivity index is 2.00. The Morgan fingerprint density at radius 1 is 1.09 bits per heavy atom. The minimum atomic E-state index is -1.09. The third-order valence-electron chi connectivity index (χ3n) is 3.75. The number of hydrogen-bond acceptors (Lipinski definition) is 4. The van der Waals surface area contributed by atoms with Crippen LogP contribution in [0.5, 0.6) is 11.5 Å². The van der Waals surface area contributed by atoms with Crippen molar-refractivity contribution in [3.05, 3.63) is 59.4 Å². The van der Waals surface area contributed by atoms with E-state index in [1.54, 1.807) is 33.3 Å². The second kappa shape index (κ2) is 7.44. The number of aliphatic hydroxyl groups is 1. The Hall–Kier alpha value is -2.11. The second-order valence-corrected chi connectivity index (χ2v) is 5.56. The first-order valence-corrected chi connectivity index (χ1v) is 7.36. The van der Waals surface area contributed by atoms with E-state index in [2.05, 4.69) is 5.32 Å². The van der Waals surface area contributed by atoms with E-state index in [0.717, 1.165) is 17.1 Å². The van der Waals surface area contributed by atoms with E-state index in [-0.39, 0.29) is 5.82 Å². The van der Waals surface area contributed by atoms with Crippen molar-refractivity contribution in [2.75, 3.05) is 20.8 Å². The summed E-state index contributed by atoms with van der Waals surface area (Å²) in [4.78, 5) is 0.